The number of aryl methyl sites for hydroxylation is 1. The van der Waals surface area contributed by atoms with Gasteiger partial charge in [0.15, 0.2) is 0 Å². The van der Waals surface area contributed by atoms with E-state index in [4.69, 9.17) is 9.72 Å². The van der Waals surface area contributed by atoms with Crippen LogP contribution in [-0.4, -0.2) is 73.8 Å². The second-order valence-corrected chi connectivity index (χ2v) is 9.50. The molecular formula is C26H37N5O. The Morgan fingerprint density at radius 2 is 2.06 bits per heavy atom. The Balaban J connectivity index is 1.21. The molecule has 3 heterocycles. The van der Waals surface area contributed by atoms with Gasteiger partial charge in [-0.2, -0.15) is 0 Å². The van der Waals surface area contributed by atoms with Gasteiger partial charge < -0.3 is 15.4 Å². The number of benzene rings is 1. The minimum absolute atomic E-state index is 0.435. The summed E-state index contributed by atoms with van der Waals surface area (Å²) in [5.74, 6) is 0. The number of likely N-dealkylation sites (N-methyl/N-ethyl adjacent to an activating group) is 1. The first-order valence-corrected chi connectivity index (χ1v) is 12.3. The van der Waals surface area contributed by atoms with E-state index < -0.39 is 0 Å². The normalized spacial score (nSPS) is 23.6. The van der Waals surface area contributed by atoms with Crippen molar-refractivity contribution in [2.75, 3.05) is 58.3 Å². The van der Waals surface area contributed by atoms with Crippen LogP contribution in [0.15, 0.2) is 36.5 Å². The molecule has 0 spiro atoms. The molecule has 6 heteroatoms. The number of rotatable bonds is 7. The molecule has 1 aliphatic carbocycles. The molecule has 0 amide bonds. The Morgan fingerprint density at radius 3 is 2.97 bits per heavy atom. The summed E-state index contributed by atoms with van der Waals surface area (Å²) in [4.78, 5) is 9.77. The topological polar surface area (TPSA) is 52.7 Å². The quantitative estimate of drug-likeness (QED) is 0.698. The third kappa shape index (κ3) is 4.99. The number of aromatic nitrogens is 1. The van der Waals surface area contributed by atoms with Gasteiger partial charge in [-0.15, -0.1) is 0 Å². The lowest BCUT2D eigenvalue weighted by Crippen LogP contribution is -2.45. The van der Waals surface area contributed by atoms with Crippen molar-refractivity contribution >= 4 is 5.69 Å². The zero-order chi connectivity index (χ0) is 21.8. The third-order valence-electron chi connectivity index (χ3n) is 7.36. The fourth-order valence-corrected chi connectivity index (χ4v) is 5.57. The number of ether oxygens (including phenoxy) is 1. The molecule has 1 aromatic carbocycles. The summed E-state index contributed by atoms with van der Waals surface area (Å²) in [6, 6.07) is 12.0. The highest BCUT2D eigenvalue weighted by molar-refractivity contribution is 5.56. The number of anilines is 1. The molecule has 172 valence electrons. The van der Waals surface area contributed by atoms with Gasteiger partial charge in [-0.25, -0.2) is 0 Å². The highest BCUT2D eigenvalue weighted by Gasteiger charge is 2.28. The fourth-order valence-electron chi connectivity index (χ4n) is 5.57. The van der Waals surface area contributed by atoms with Crippen molar-refractivity contribution < 1.29 is 4.74 Å². The van der Waals surface area contributed by atoms with Gasteiger partial charge in [0.25, 0.3) is 0 Å². The lowest BCUT2D eigenvalue weighted by atomic mass is 9.90. The van der Waals surface area contributed by atoms with Crippen LogP contribution in [-0.2, 0) is 24.1 Å². The van der Waals surface area contributed by atoms with E-state index in [0.717, 1.165) is 58.9 Å². The molecule has 3 aliphatic rings. The standard InChI is InChI=1S/C26H37N5O/c1-30(25-9-3-5-20-7-4-10-28-26(20)25)19-22-17-23-21(18-29-22)6-2-8-24(23)27-11-12-31-13-15-32-16-14-31/h2,4,6-8,10,22,25,27,29H,3,5,9,11-19H2,1H3/t22-,25+/m1/s1. The number of hydrogen-bond acceptors (Lipinski definition) is 6. The number of fused-ring (bicyclic) bond motifs is 2. The highest BCUT2D eigenvalue weighted by Crippen LogP contribution is 2.33. The van der Waals surface area contributed by atoms with Crippen LogP contribution in [0, 0.1) is 0 Å². The van der Waals surface area contributed by atoms with Gasteiger partial charge in [-0.3, -0.25) is 14.8 Å². The maximum atomic E-state index is 5.47. The summed E-state index contributed by atoms with van der Waals surface area (Å²) < 4.78 is 5.47. The van der Waals surface area contributed by atoms with E-state index in [9.17, 15) is 0 Å². The van der Waals surface area contributed by atoms with Crippen LogP contribution < -0.4 is 10.6 Å². The Hall–Kier alpha value is -1.99. The van der Waals surface area contributed by atoms with E-state index in [1.165, 1.54) is 47.3 Å². The number of nitrogens with one attached hydrogen (secondary N) is 2. The van der Waals surface area contributed by atoms with E-state index >= 15 is 0 Å². The molecule has 0 saturated carbocycles. The Labute approximate surface area is 192 Å². The van der Waals surface area contributed by atoms with Crippen LogP contribution in [0.25, 0.3) is 0 Å². The van der Waals surface area contributed by atoms with E-state index in [-0.39, 0.29) is 0 Å². The maximum absolute atomic E-state index is 5.47. The molecule has 5 rings (SSSR count). The number of hydrogen-bond donors (Lipinski definition) is 2. The van der Waals surface area contributed by atoms with E-state index in [0.29, 0.717) is 12.1 Å². The van der Waals surface area contributed by atoms with E-state index in [1.807, 2.05) is 6.20 Å². The Kier molecular flexibility index (Phi) is 7.03. The smallest absolute Gasteiger partial charge is 0.0607 e. The van der Waals surface area contributed by atoms with Crippen LogP contribution in [0.2, 0.25) is 0 Å². The van der Waals surface area contributed by atoms with Gasteiger partial charge in [0.2, 0.25) is 0 Å². The van der Waals surface area contributed by atoms with Gasteiger partial charge in [-0.05, 0) is 61.6 Å². The molecule has 32 heavy (non-hydrogen) atoms. The van der Waals surface area contributed by atoms with Gasteiger partial charge in [-0.1, -0.05) is 18.2 Å². The van der Waals surface area contributed by atoms with Gasteiger partial charge in [0.1, 0.15) is 0 Å². The summed E-state index contributed by atoms with van der Waals surface area (Å²) in [7, 11) is 2.28. The van der Waals surface area contributed by atoms with E-state index in [2.05, 4.69) is 57.8 Å². The summed E-state index contributed by atoms with van der Waals surface area (Å²) in [6.07, 6.45) is 6.66. The van der Waals surface area contributed by atoms with Gasteiger partial charge in [0.05, 0.1) is 24.9 Å². The van der Waals surface area contributed by atoms with Crippen molar-refractivity contribution in [2.24, 2.45) is 0 Å². The molecule has 1 aromatic heterocycles. The van der Waals surface area contributed by atoms with Gasteiger partial charge in [0, 0.05) is 57.2 Å². The van der Waals surface area contributed by atoms with E-state index in [1.54, 1.807) is 0 Å². The van der Waals surface area contributed by atoms with Crippen molar-refractivity contribution in [3.63, 3.8) is 0 Å². The summed E-state index contributed by atoms with van der Waals surface area (Å²) >= 11 is 0. The van der Waals surface area contributed by atoms with Crippen LogP contribution in [0.4, 0.5) is 5.69 Å². The minimum Gasteiger partial charge on any atom is -0.384 e. The molecule has 2 aromatic rings. The minimum atomic E-state index is 0.435. The van der Waals surface area contributed by atoms with Crippen molar-refractivity contribution in [3.8, 4) is 0 Å². The van der Waals surface area contributed by atoms with Crippen molar-refractivity contribution in [1.82, 2.24) is 20.1 Å². The second kappa shape index (κ2) is 10.3. The Bertz CT molecular complexity index is 898. The molecule has 1 fully saturated rings. The van der Waals surface area contributed by atoms with Crippen molar-refractivity contribution in [2.45, 2.75) is 44.3 Å². The SMILES string of the molecule is CN(C[C@H]1Cc2c(cccc2NCCN2CCOCC2)CN1)[C@H]1CCCc2cccnc21. The molecule has 6 nitrogen and oxygen atoms in total. The zero-order valence-corrected chi connectivity index (χ0v) is 19.4. The molecule has 2 atom stereocenters. The zero-order valence-electron chi connectivity index (χ0n) is 19.4. The third-order valence-corrected chi connectivity index (χ3v) is 7.36. The largest absolute Gasteiger partial charge is 0.384 e. The molecule has 0 bridgehead atoms. The molecule has 2 N–H and O–H groups in total. The van der Waals surface area contributed by atoms with Crippen LogP contribution >= 0.6 is 0 Å². The molecule has 1 saturated heterocycles. The number of morpholine rings is 1. The summed E-state index contributed by atoms with van der Waals surface area (Å²) in [5, 5.41) is 7.53. The Morgan fingerprint density at radius 1 is 1.19 bits per heavy atom. The highest BCUT2D eigenvalue weighted by atomic mass is 16.5. The average molecular weight is 436 g/mol. The monoisotopic (exact) mass is 435 g/mol. The van der Waals surface area contributed by atoms with Crippen LogP contribution in [0.1, 0.15) is 41.3 Å². The predicted molar refractivity (Wildman–Crippen MR) is 129 cm³/mol. The first-order valence-electron chi connectivity index (χ1n) is 12.3. The first kappa shape index (κ1) is 21.8. The predicted octanol–water partition coefficient (Wildman–Crippen LogP) is 2.85. The first-order chi connectivity index (χ1) is 15.8. The summed E-state index contributed by atoms with van der Waals surface area (Å²) in [6.45, 7) is 7.88. The molecule has 2 aliphatic heterocycles. The second-order valence-electron chi connectivity index (χ2n) is 9.50. The van der Waals surface area contributed by atoms with Crippen LogP contribution in [0.5, 0.6) is 0 Å². The molecule has 0 unspecified atom stereocenters. The molecular weight excluding hydrogens is 398 g/mol. The van der Waals surface area contributed by atoms with Crippen LogP contribution in [0.3, 0.4) is 0 Å². The van der Waals surface area contributed by atoms with Crippen molar-refractivity contribution in [1.29, 1.82) is 0 Å². The number of nitrogens with zero attached hydrogens (tertiary/aromatic N) is 3. The maximum Gasteiger partial charge on any atom is 0.0607 e. The van der Waals surface area contributed by atoms with Crippen molar-refractivity contribution in [3.05, 3.63) is 58.9 Å². The summed E-state index contributed by atoms with van der Waals surface area (Å²) in [5.41, 5.74) is 6.97. The fraction of sp³-hybridized carbons (Fsp3) is 0.577. The lowest BCUT2D eigenvalue weighted by Gasteiger charge is -2.36. The van der Waals surface area contributed by atoms with Gasteiger partial charge >= 0.3 is 0 Å². The average Bonchev–Trinajstić information content (AvgIpc) is 2.84. The molecule has 0 radical (unpaired) electrons. The number of pyridine rings is 1. The lowest BCUT2D eigenvalue weighted by molar-refractivity contribution is 0.0398.